The second-order valence-electron chi connectivity index (χ2n) is 7.77. The number of piperidine rings is 1. The smallest absolute Gasteiger partial charge is 0.308 e. The molecule has 3 rings (SSSR count). The largest absolute Gasteiger partial charge is 0.486 e. The fourth-order valence-corrected chi connectivity index (χ4v) is 3.80. The molecule has 7 heteroatoms. The molecule has 1 N–H and O–H groups in total. The molecular weight excluding hydrogens is 360 g/mol. The van der Waals surface area contributed by atoms with Gasteiger partial charge < -0.3 is 19.5 Å². The van der Waals surface area contributed by atoms with Gasteiger partial charge in [0, 0.05) is 0 Å². The molecule has 0 spiro atoms. The van der Waals surface area contributed by atoms with Gasteiger partial charge in [0.1, 0.15) is 13.2 Å². The lowest BCUT2D eigenvalue weighted by atomic mass is 9.95. The first-order valence-corrected chi connectivity index (χ1v) is 9.97. The zero-order chi connectivity index (χ0) is 20.1. The van der Waals surface area contributed by atoms with Gasteiger partial charge in [-0.05, 0) is 49.5 Å². The Hall–Kier alpha value is -2.28. The molecule has 0 bridgehead atoms. The van der Waals surface area contributed by atoms with E-state index < -0.39 is 0 Å². The Bertz CT molecular complexity index is 698. The Morgan fingerprint density at radius 1 is 1.18 bits per heavy atom. The van der Waals surface area contributed by atoms with Crippen molar-refractivity contribution in [3.8, 4) is 11.5 Å². The molecule has 2 aliphatic heterocycles. The van der Waals surface area contributed by atoms with E-state index in [0.29, 0.717) is 19.8 Å². The predicted molar refractivity (Wildman–Crippen MR) is 104 cm³/mol. The second-order valence-corrected chi connectivity index (χ2v) is 7.77. The quantitative estimate of drug-likeness (QED) is 0.750. The Balaban J connectivity index is 1.57. The summed E-state index contributed by atoms with van der Waals surface area (Å²) in [7, 11) is 1.42. The molecule has 0 saturated carbocycles. The van der Waals surface area contributed by atoms with Gasteiger partial charge in [0.15, 0.2) is 11.5 Å². The number of likely N-dealkylation sites (tertiary alicyclic amines) is 1. The van der Waals surface area contributed by atoms with Gasteiger partial charge in [-0.3, -0.25) is 14.5 Å². The number of esters is 1. The molecule has 7 nitrogen and oxygen atoms in total. The van der Waals surface area contributed by atoms with Crippen molar-refractivity contribution in [2.24, 2.45) is 11.8 Å². The van der Waals surface area contributed by atoms with E-state index in [1.807, 2.05) is 18.2 Å². The van der Waals surface area contributed by atoms with Crippen molar-refractivity contribution in [2.45, 2.75) is 32.7 Å². The number of rotatable bonds is 6. The molecule has 2 heterocycles. The Morgan fingerprint density at radius 2 is 1.86 bits per heavy atom. The van der Waals surface area contributed by atoms with Gasteiger partial charge in [-0.2, -0.15) is 0 Å². The third kappa shape index (κ3) is 4.95. The molecule has 28 heavy (non-hydrogen) atoms. The zero-order valence-corrected chi connectivity index (χ0v) is 16.9. The molecule has 0 unspecified atom stereocenters. The highest BCUT2D eigenvalue weighted by Gasteiger charge is 2.27. The van der Waals surface area contributed by atoms with E-state index >= 15 is 0 Å². The van der Waals surface area contributed by atoms with Gasteiger partial charge >= 0.3 is 5.97 Å². The number of benzene rings is 1. The number of amides is 1. The highest BCUT2D eigenvalue weighted by Crippen LogP contribution is 2.34. The second kappa shape index (κ2) is 9.28. The third-order valence-electron chi connectivity index (χ3n) is 5.40. The lowest BCUT2D eigenvalue weighted by Gasteiger charge is -2.31. The zero-order valence-electron chi connectivity index (χ0n) is 16.9. The maximum atomic E-state index is 12.7. The summed E-state index contributed by atoms with van der Waals surface area (Å²) >= 11 is 0. The third-order valence-corrected chi connectivity index (χ3v) is 5.40. The maximum Gasteiger partial charge on any atom is 0.308 e. The fourth-order valence-electron chi connectivity index (χ4n) is 3.80. The van der Waals surface area contributed by atoms with Crippen LogP contribution in [0, 0.1) is 11.8 Å². The van der Waals surface area contributed by atoms with Crippen molar-refractivity contribution in [3.05, 3.63) is 23.8 Å². The summed E-state index contributed by atoms with van der Waals surface area (Å²) in [6.45, 7) is 7.06. The summed E-state index contributed by atoms with van der Waals surface area (Å²) in [4.78, 5) is 26.4. The molecule has 0 radical (unpaired) electrons. The SMILES string of the molecule is COC(=O)C1CCN(CC(=O)N[C@H](c2ccc3c(c2)OCCO3)C(C)C)CC1. The fraction of sp³-hybridized carbons (Fsp3) is 0.619. The molecule has 1 amide bonds. The molecule has 154 valence electrons. The van der Waals surface area contributed by atoms with Crippen LogP contribution in [0.3, 0.4) is 0 Å². The van der Waals surface area contributed by atoms with E-state index in [1.54, 1.807) is 0 Å². The van der Waals surface area contributed by atoms with Crippen molar-refractivity contribution in [1.82, 2.24) is 10.2 Å². The molecule has 0 aliphatic carbocycles. The minimum Gasteiger partial charge on any atom is -0.486 e. The van der Waals surface area contributed by atoms with Crippen LogP contribution < -0.4 is 14.8 Å². The number of nitrogens with zero attached hydrogens (tertiary/aromatic N) is 1. The van der Waals surface area contributed by atoms with Gasteiger partial charge in [0.2, 0.25) is 5.91 Å². The van der Waals surface area contributed by atoms with E-state index in [1.165, 1.54) is 7.11 Å². The van der Waals surface area contributed by atoms with E-state index in [4.69, 9.17) is 14.2 Å². The van der Waals surface area contributed by atoms with Crippen LogP contribution in [0.2, 0.25) is 0 Å². The molecule has 0 aromatic heterocycles. The van der Waals surface area contributed by atoms with Crippen molar-refractivity contribution >= 4 is 11.9 Å². The molecular formula is C21H30N2O5. The first-order valence-electron chi connectivity index (χ1n) is 9.97. The van der Waals surface area contributed by atoms with E-state index in [9.17, 15) is 9.59 Å². The Kier molecular flexibility index (Phi) is 6.78. The summed E-state index contributed by atoms with van der Waals surface area (Å²) in [5.41, 5.74) is 1.01. The molecule has 1 fully saturated rings. The topological polar surface area (TPSA) is 77.1 Å². The van der Waals surface area contributed by atoms with Gasteiger partial charge in [0.25, 0.3) is 0 Å². The van der Waals surface area contributed by atoms with Gasteiger partial charge in [0.05, 0.1) is 25.6 Å². The summed E-state index contributed by atoms with van der Waals surface area (Å²) in [5, 5.41) is 3.16. The monoisotopic (exact) mass is 390 g/mol. The van der Waals surface area contributed by atoms with Crippen LogP contribution >= 0.6 is 0 Å². The number of nitrogens with one attached hydrogen (secondary N) is 1. The maximum absolute atomic E-state index is 12.7. The minimum absolute atomic E-state index is 0.00916. The van der Waals surface area contributed by atoms with Crippen molar-refractivity contribution in [3.63, 3.8) is 0 Å². The number of ether oxygens (including phenoxy) is 3. The Labute approximate surface area is 166 Å². The number of carbonyl (C=O) groups is 2. The van der Waals surface area contributed by atoms with Crippen LogP contribution in [0.5, 0.6) is 11.5 Å². The van der Waals surface area contributed by atoms with Gasteiger partial charge in [-0.25, -0.2) is 0 Å². The number of carbonyl (C=O) groups excluding carboxylic acids is 2. The van der Waals surface area contributed by atoms with Crippen molar-refractivity contribution in [2.75, 3.05) is 40.0 Å². The van der Waals surface area contributed by atoms with Crippen molar-refractivity contribution < 1.29 is 23.8 Å². The van der Waals surface area contributed by atoms with Crippen molar-refractivity contribution in [1.29, 1.82) is 0 Å². The average molecular weight is 390 g/mol. The molecule has 1 saturated heterocycles. The normalized spacial score (nSPS) is 18.6. The number of hydrogen-bond donors (Lipinski definition) is 1. The van der Waals surface area contributed by atoms with Crippen LogP contribution in [0.15, 0.2) is 18.2 Å². The molecule has 1 aromatic rings. The molecule has 1 aromatic carbocycles. The average Bonchev–Trinajstić information content (AvgIpc) is 2.71. The predicted octanol–water partition coefficient (Wildman–Crippen LogP) is 2.16. The standard InChI is InChI=1S/C21H30N2O5/c1-14(2)20(16-4-5-17-18(12-16)28-11-10-27-17)22-19(24)13-23-8-6-15(7-9-23)21(25)26-3/h4-5,12,14-15,20H,6-11,13H2,1-3H3,(H,22,24)/t20-/m0/s1. The molecule has 1 atom stereocenters. The first kappa shape index (κ1) is 20.5. The number of methoxy groups -OCH3 is 1. The number of fused-ring (bicyclic) bond motifs is 1. The first-order chi connectivity index (χ1) is 13.5. The summed E-state index contributed by atoms with van der Waals surface area (Å²) in [6, 6.07) is 5.75. The van der Waals surface area contributed by atoms with E-state index in [2.05, 4.69) is 24.1 Å². The Morgan fingerprint density at radius 3 is 2.50 bits per heavy atom. The highest BCUT2D eigenvalue weighted by atomic mass is 16.6. The highest BCUT2D eigenvalue weighted by molar-refractivity contribution is 5.78. The van der Waals surface area contributed by atoms with E-state index in [-0.39, 0.29) is 29.8 Å². The molecule has 2 aliphatic rings. The van der Waals surface area contributed by atoms with Crippen LogP contribution in [-0.4, -0.2) is 56.7 Å². The van der Waals surface area contributed by atoms with E-state index in [0.717, 1.165) is 43.0 Å². The summed E-state index contributed by atoms with van der Waals surface area (Å²) < 4.78 is 16.1. The minimum atomic E-state index is -0.150. The lowest BCUT2D eigenvalue weighted by Crippen LogP contribution is -2.44. The van der Waals surface area contributed by atoms with Crippen LogP contribution in [-0.2, 0) is 14.3 Å². The number of hydrogen-bond acceptors (Lipinski definition) is 6. The van der Waals surface area contributed by atoms with Gasteiger partial charge in [-0.15, -0.1) is 0 Å². The lowest BCUT2D eigenvalue weighted by molar-refractivity contribution is -0.147. The summed E-state index contributed by atoms with van der Waals surface area (Å²) in [5.74, 6) is 1.50. The van der Waals surface area contributed by atoms with Gasteiger partial charge in [-0.1, -0.05) is 19.9 Å². The van der Waals surface area contributed by atoms with Crippen LogP contribution in [0.4, 0.5) is 0 Å². The van der Waals surface area contributed by atoms with Crippen LogP contribution in [0.1, 0.15) is 38.3 Å². The van der Waals surface area contributed by atoms with Crippen LogP contribution in [0.25, 0.3) is 0 Å². The summed E-state index contributed by atoms with van der Waals surface area (Å²) in [6.07, 6.45) is 1.46.